The van der Waals surface area contributed by atoms with Crippen molar-refractivity contribution in [1.82, 2.24) is 4.90 Å². The number of nitrogens with zero attached hydrogens (tertiary/aromatic N) is 1. The van der Waals surface area contributed by atoms with Gasteiger partial charge in [0, 0.05) is 18.7 Å². The molecule has 0 aromatic rings. The van der Waals surface area contributed by atoms with Crippen LogP contribution in [-0.2, 0) is 23.8 Å². The SMILES string of the molecule is C=C(C)C(=O)OS(=O)(=O)CCCN1CCOCC1. The summed E-state index contributed by atoms with van der Waals surface area (Å²) in [7, 11) is -3.79. The van der Waals surface area contributed by atoms with Crippen LogP contribution >= 0.6 is 0 Å². The lowest BCUT2D eigenvalue weighted by Gasteiger charge is -2.26. The smallest absolute Gasteiger partial charge is 0.348 e. The zero-order chi connectivity index (χ0) is 13.6. The first kappa shape index (κ1) is 15.1. The van der Waals surface area contributed by atoms with Crippen LogP contribution in [0.2, 0.25) is 0 Å². The summed E-state index contributed by atoms with van der Waals surface area (Å²) < 4.78 is 32.5. The number of carbonyl (C=O) groups is 1. The quantitative estimate of drug-likeness (QED) is 0.508. The van der Waals surface area contributed by atoms with Crippen molar-refractivity contribution in [3.05, 3.63) is 12.2 Å². The zero-order valence-corrected chi connectivity index (χ0v) is 11.4. The van der Waals surface area contributed by atoms with Gasteiger partial charge in [0.15, 0.2) is 0 Å². The molecule has 104 valence electrons. The van der Waals surface area contributed by atoms with Gasteiger partial charge in [-0.3, -0.25) is 4.90 Å². The van der Waals surface area contributed by atoms with E-state index < -0.39 is 16.1 Å². The first-order valence-electron chi connectivity index (χ1n) is 5.83. The lowest BCUT2D eigenvalue weighted by molar-refractivity contribution is -0.129. The molecule has 1 heterocycles. The average molecular weight is 277 g/mol. The molecule has 0 N–H and O–H groups in total. The summed E-state index contributed by atoms with van der Waals surface area (Å²) in [5.74, 6) is -1.05. The van der Waals surface area contributed by atoms with E-state index in [2.05, 4.69) is 15.7 Å². The van der Waals surface area contributed by atoms with Gasteiger partial charge in [-0.05, 0) is 19.9 Å². The summed E-state index contributed by atoms with van der Waals surface area (Å²) in [6, 6.07) is 0. The molecule has 0 spiro atoms. The maximum Gasteiger partial charge on any atom is 0.348 e. The Morgan fingerprint density at radius 3 is 2.56 bits per heavy atom. The lowest BCUT2D eigenvalue weighted by atomic mass is 10.4. The van der Waals surface area contributed by atoms with Crippen molar-refractivity contribution in [3.8, 4) is 0 Å². The van der Waals surface area contributed by atoms with Crippen LogP contribution in [-0.4, -0.2) is 57.9 Å². The highest BCUT2D eigenvalue weighted by Crippen LogP contribution is 2.04. The van der Waals surface area contributed by atoms with Crippen LogP contribution < -0.4 is 0 Å². The lowest BCUT2D eigenvalue weighted by Crippen LogP contribution is -2.37. The van der Waals surface area contributed by atoms with E-state index >= 15 is 0 Å². The fourth-order valence-electron chi connectivity index (χ4n) is 1.52. The molecule has 7 heteroatoms. The predicted molar refractivity (Wildman–Crippen MR) is 66.6 cm³/mol. The highest BCUT2D eigenvalue weighted by atomic mass is 32.2. The van der Waals surface area contributed by atoms with Gasteiger partial charge in [0.25, 0.3) is 0 Å². The second kappa shape index (κ2) is 6.86. The Kier molecular flexibility index (Phi) is 5.77. The zero-order valence-electron chi connectivity index (χ0n) is 10.6. The van der Waals surface area contributed by atoms with E-state index in [-0.39, 0.29) is 11.3 Å². The van der Waals surface area contributed by atoms with E-state index in [1.54, 1.807) is 0 Å². The molecular weight excluding hydrogens is 258 g/mol. The Labute approximate surface area is 108 Å². The third kappa shape index (κ3) is 5.61. The summed E-state index contributed by atoms with van der Waals surface area (Å²) in [6.07, 6.45) is 0.436. The number of hydrogen-bond acceptors (Lipinski definition) is 6. The minimum atomic E-state index is -3.79. The minimum absolute atomic E-state index is 0.0757. The third-order valence-corrected chi connectivity index (χ3v) is 3.72. The van der Waals surface area contributed by atoms with Crippen molar-refractivity contribution in [2.75, 3.05) is 38.6 Å². The number of morpholine rings is 1. The first-order valence-corrected chi connectivity index (χ1v) is 7.40. The normalized spacial score (nSPS) is 17.4. The molecule has 1 aliphatic heterocycles. The van der Waals surface area contributed by atoms with Gasteiger partial charge >= 0.3 is 16.1 Å². The van der Waals surface area contributed by atoms with Gasteiger partial charge in [-0.2, -0.15) is 8.42 Å². The van der Waals surface area contributed by atoms with Crippen molar-refractivity contribution < 1.29 is 22.1 Å². The Morgan fingerprint density at radius 1 is 1.39 bits per heavy atom. The van der Waals surface area contributed by atoms with Gasteiger partial charge in [0.1, 0.15) is 0 Å². The predicted octanol–water partition coefficient (Wildman–Crippen LogP) is 0.158. The van der Waals surface area contributed by atoms with E-state index in [0.29, 0.717) is 26.2 Å². The van der Waals surface area contributed by atoms with Crippen LogP contribution in [0.5, 0.6) is 0 Å². The number of ether oxygens (including phenoxy) is 1. The molecule has 1 fully saturated rings. The fourth-order valence-corrected chi connectivity index (χ4v) is 2.46. The summed E-state index contributed by atoms with van der Waals surface area (Å²) in [6.45, 7) is 8.38. The first-order chi connectivity index (χ1) is 8.41. The van der Waals surface area contributed by atoms with Crippen molar-refractivity contribution in [2.45, 2.75) is 13.3 Å². The summed E-state index contributed by atoms with van der Waals surface area (Å²) >= 11 is 0. The molecule has 1 aliphatic rings. The van der Waals surface area contributed by atoms with Gasteiger partial charge in [0.2, 0.25) is 0 Å². The van der Waals surface area contributed by atoms with Crippen LogP contribution in [0.4, 0.5) is 0 Å². The standard InChI is InChI=1S/C11H19NO5S/c1-10(2)11(13)17-18(14,15)9-3-4-12-5-7-16-8-6-12/h1,3-9H2,2H3. The number of rotatable bonds is 6. The number of carbonyl (C=O) groups excluding carboxylic acids is 1. The molecule has 6 nitrogen and oxygen atoms in total. The molecule has 0 unspecified atom stereocenters. The van der Waals surface area contributed by atoms with E-state index in [1.807, 2.05) is 0 Å². The summed E-state index contributed by atoms with van der Waals surface area (Å²) in [4.78, 5) is 13.2. The Balaban J connectivity index is 2.28. The molecule has 1 saturated heterocycles. The summed E-state index contributed by atoms with van der Waals surface area (Å²) in [5, 5.41) is 0. The molecule has 0 aromatic heterocycles. The second-order valence-electron chi connectivity index (χ2n) is 4.22. The minimum Gasteiger partial charge on any atom is -0.379 e. The summed E-state index contributed by atoms with van der Waals surface area (Å²) in [5.41, 5.74) is 0.0757. The van der Waals surface area contributed by atoms with Crippen LogP contribution in [0.3, 0.4) is 0 Å². The van der Waals surface area contributed by atoms with Crippen LogP contribution in [0, 0.1) is 0 Å². The second-order valence-corrected chi connectivity index (χ2v) is 5.91. The molecular formula is C11H19NO5S. The van der Waals surface area contributed by atoms with Gasteiger partial charge in [-0.15, -0.1) is 0 Å². The highest BCUT2D eigenvalue weighted by Gasteiger charge is 2.18. The Bertz CT molecular complexity index is 398. The van der Waals surface area contributed by atoms with Crippen molar-refractivity contribution in [2.24, 2.45) is 0 Å². The Hall–Kier alpha value is -0.920. The van der Waals surface area contributed by atoms with E-state index in [9.17, 15) is 13.2 Å². The molecule has 0 amide bonds. The van der Waals surface area contributed by atoms with Crippen molar-refractivity contribution >= 4 is 16.1 Å². The molecule has 0 aromatic carbocycles. The molecule has 0 bridgehead atoms. The van der Waals surface area contributed by atoms with E-state index in [4.69, 9.17) is 4.74 Å². The van der Waals surface area contributed by atoms with E-state index in [1.165, 1.54) is 6.92 Å². The van der Waals surface area contributed by atoms with Crippen LogP contribution in [0.1, 0.15) is 13.3 Å². The molecule has 0 radical (unpaired) electrons. The fraction of sp³-hybridized carbons (Fsp3) is 0.727. The average Bonchev–Trinajstić information content (AvgIpc) is 2.29. The van der Waals surface area contributed by atoms with Crippen molar-refractivity contribution in [1.29, 1.82) is 0 Å². The molecule has 1 rings (SSSR count). The van der Waals surface area contributed by atoms with Gasteiger partial charge in [-0.1, -0.05) is 6.58 Å². The molecule has 0 saturated carbocycles. The molecule has 18 heavy (non-hydrogen) atoms. The Morgan fingerprint density at radius 2 is 2.00 bits per heavy atom. The van der Waals surface area contributed by atoms with Crippen molar-refractivity contribution in [3.63, 3.8) is 0 Å². The van der Waals surface area contributed by atoms with Gasteiger partial charge < -0.3 is 8.92 Å². The monoisotopic (exact) mass is 277 g/mol. The van der Waals surface area contributed by atoms with Gasteiger partial charge in [0.05, 0.1) is 19.0 Å². The largest absolute Gasteiger partial charge is 0.379 e. The van der Waals surface area contributed by atoms with E-state index in [0.717, 1.165) is 13.1 Å². The highest BCUT2D eigenvalue weighted by molar-refractivity contribution is 7.87. The van der Waals surface area contributed by atoms with Crippen LogP contribution in [0.15, 0.2) is 12.2 Å². The number of hydrogen-bond donors (Lipinski definition) is 0. The van der Waals surface area contributed by atoms with Crippen LogP contribution in [0.25, 0.3) is 0 Å². The topological polar surface area (TPSA) is 72.9 Å². The molecule has 0 atom stereocenters. The maximum absolute atomic E-state index is 11.5. The molecule has 0 aliphatic carbocycles. The third-order valence-electron chi connectivity index (χ3n) is 2.52. The van der Waals surface area contributed by atoms with Gasteiger partial charge in [-0.25, -0.2) is 4.79 Å². The maximum atomic E-state index is 11.5.